The Morgan fingerprint density at radius 3 is 2.12 bits per heavy atom. The summed E-state index contributed by atoms with van der Waals surface area (Å²) < 4.78 is 5.33. The van der Waals surface area contributed by atoms with E-state index in [1.54, 1.807) is 0 Å². The summed E-state index contributed by atoms with van der Waals surface area (Å²) in [6.45, 7) is 12.2. The van der Waals surface area contributed by atoms with Crippen LogP contribution >= 0.6 is 0 Å². The van der Waals surface area contributed by atoms with Crippen LogP contribution in [0.25, 0.3) is 0 Å². The third-order valence-electron chi connectivity index (χ3n) is 2.92. The van der Waals surface area contributed by atoms with Crippen LogP contribution in [0.4, 0.5) is 0 Å². The number of ether oxygens (including phenoxy) is 1. The third-order valence-corrected chi connectivity index (χ3v) is 2.92. The van der Waals surface area contributed by atoms with Gasteiger partial charge in [0.2, 0.25) is 0 Å². The molecule has 0 fully saturated rings. The van der Waals surface area contributed by atoms with Crippen LogP contribution in [0.15, 0.2) is 12.1 Å². The lowest BCUT2D eigenvalue weighted by Gasteiger charge is -2.17. The Labute approximate surface area is 104 Å². The molecule has 0 amide bonds. The van der Waals surface area contributed by atoms with Gasteiger partial charge in [-0.3, -0.25) is 4.79 Å². The van der Waals surface area contributed by atoms with Crippen molar-refractivity contribution in [2.75, 3.05) is 0 Å². The lowest BCUT2D eigenvalue weighted by atomic mass is 9.97. The van der Waals surface area contributed by atoms with Gasteiger partial charge in [0.1, 0.15) is 6.61 Å². The molecule has 0 aromatic heterocycles. The van der Waals surface area contributed by atoms with Gasteiger partial charge in [0.25, 0.3) is 0 Å². The summed E-state index contributed by atoms with van der Waals surface area (Å²) in [7, 11) is 0. The predicted octanol–water partition coefficient (Wildman–Crippen LogP) is 3.70. The summed E-state index contributed by atoms with van der Waals surface area (Å²) in [5.74, 6) is -0.157. The van der Waals surface area contributed by atoms with Crippen LogP contribution in [-0.2, 0) is 16.1 Å². The van der Waals surface area contributed by atoms with Crippen LogP contribution in [0.2, 0.25) is 0 Å². The van der Waals surface area contributed by atoms with E-state index in [9.17, 15) is 4.79 Å². The number of hydrogen-bond acceptors (Lipinski definition) is 2. The van der Waals surface area contributed by atoms with Gasteiger partial charge >= 0.3 is 5.97 Å². The van der Waals surface area contributed by atoms with Gasteiger partial charge in [-0.25, -0.2) is 0 Å². The van der Waals surface area contributed by atoms with Gasteiger partial charge in [-0.05, 0) is 63.8 Å². The Morgan fingerprint density at radius 1 is 1.06 bits per heavy atom. The Balaban J connectivity index is 2.77. The van der Waals surface area contributed by atoms with Gasteiger partial charge in [0, 0.05) is 0 Å². The van der Waals surface area contributed by atoms with Crippen LogP contribution in [0.5, 0.6) is 0 Å². The zero-order chi connectivity index (χ0) is 13.2. The van der Waals surface area contributed by atoms with Crippen LogP contribution in [0, 0.1) is 26.2 Å². The molecule has 0 bridgehead atoms. The molecule has 0 N–H and O–H groups in total. The fraction of sp³-hybridized carbons (Fsp3) is 0.533. The van der Waals surface area contributed by atoms with Crippen LogP contribution < -0.4 is 0 Å². The number of rotatable bonds is 2. The minimum absolute atomic E-state index is 0.157. The zero-order valence-electron chi connectivity index (χ0n) is 11.7. The molecule has 0 heterocycles. The van der Waals surface area contributed by atoms with Crippen LogP contribution in [0.1, 0.15) is 43.0 Å². The molecule has 2 heteroatoms. The van der Waals surface area contributed by atoms with Gasteiger partial charge < -0.3 is 4.74 Å². The van der Waals surface area contributed by atoms with E-state index in [2.05, 4.69) is 26.0 Å². The van der Waals surface area contributed by atoms with Crippen LogP contribution in [-0.4, -0.2) is 5.97 Å². The van der Waals surface area contributed by atoms with Crippen molar-refractivity contribution in [3.05, 3.63) is 34.4 Å². The van der Waals surface area contributed by atoms with E-state index in [4.69, 9.17) is 4.74 Å². The molecule has 0 radical (unpaired) electrons. The monoisotopic (exact) mass is 234 g/mol. The highest BCUT2D eigenvalue weighted by Gasteiger charge is 2.23. The second-order valence-corrected chi connectivity index (χ2v) is 5.69. The number of carbonyl (C=O) groups is 1. The molecule has 0 atom stereocenters. The second-order valence-electron chi connectivity index (χ2n) is 5.69. The van der Waals surface area contributed by atoms with Crippen molar-refractivity contribution in [1.82, 2.24) is 0 Å². The lowest BCUT2D eigenvalue weighted by Crippen LogP contribution is -2.22. The standard InChI is InChI=1S/C15H22O2/c1-10-7-12(3)13(8-11(10)2)9-17-14(16)15(4,5)6/h7-8H,9H2,1-6H3. The molecule has 0 aliphatic heterocycles. The summed E-state index contributed by atoms with van der Waals surface area (Å²) in [6, 6.07) is 4.23. The molecule has 0 unspecified atom stereocenters. The quantitative estimate of drug-likeness (QED) is 0.729. The van der Waals surface area contributed by atoms with E-state index in [-0.39, 0.29) is 5.97 Å². The average molecular weight is 234 g/mol. The maximum Gasteiger partial charge on any atom is 0.311 e. The predicted molar refractivity (Wildman–Crippen MR) is 69.9 cm³/mol. The highest BCUT2D eigenvalue weighted by atomic mass is 16.5. The third kappa shape index (κ3) is 3.58. The smallest absolute Gasteiger partial charge is 0.311 e. The number of hydrogen-bond donors (Lipinski definition) is 0. The molecular formula is C15H22O2. The molecule has 1 aromatic rings. The summed E-state index contributed by atoms with van der Waals surface area (Å²) in [5.41, 5.74) is 4.33. The first kappa shape index (κ1) is 13.8. The topological polar surface area (TPSA) is 26.3 Å². The molecule has 17 heavy (non-hydrogen) atoms. The summed E-state index contributed by atoms with van der Waals surface area (Å²) in [6.07, 6.45) is 0. The van der Waals surface area contributed by atoms with E-state index in [0.29, 0.717) is 6.61 Å². The summed E-state index contributed by atoms with van der Waals surface area (Å²) in [5, 5.41) is 0. The minimum Gasteiger partial charge on any atom is -0.460 e. The summed E-state index contributed by atoms with van der Waals surface area (Å²) in [4.78, 5) is 11.7. The van der Waals surface area contributed by atoms with E-state index in [1.807, 2.05) is 27.7 Å². The Morgan fingerprint density at radius 2 is 1.59 bits per heavy atom. The minimum atomic E-state index is -0.437. The summed E-state index contributed by atoms with van der Waals surface area (Å²) >= 11 is 0. The molecular weight excluding hydrogens is 212 g/mol. The molecule has 2 nitrogen and oxygen atoms in total. The first-order valence-corrected chi connectivity index (χ1v) is 5.96. The maximum atomic E-state index is 11.7. The average Bonchev–Trinajstić information content (AvgIpc) is 2.19. The maximum absolute atomic E-state index is 11.7. The SMILES string of the molecule is Cc1cc(C)c(COC(=O)C(C)(C)C)cc1C. The van der Waals surface area contributed by atoms with Crippen molar-refractivity contribution in [3.8, 4) is 0 Å². The van der Waals surface area contributed by atoms with Gasteiger partial charge in [-0.15, -0.1) is 0 Å². The molecule has 94 valence electrons. The molecule has 1 aromatic carbocycles. The normalized spacial score (nSPS) is 11.4. The Hall–Kier alpha value is -1.31. The number of aryl methyl sites for hydroxylation is 3. The van der Waals surface area contributed by atoms with Gasteiger partial charge in [-0.1, -0.05) is 12.1 Å². The number of carbonyl (C=O) groups excluding carboxylic acids is 1. The fourth-order valence-corrected chi connectivity index (χ4v) is 1.54. The Bertz CT molecular complexity index is 425. The second kappa shape index (κ2) is 4.91. The molecule has 0 aliphatic rings. The van der Waals surface area contributed by atoms with E-state index >= 15 is 0 Å². The van der Waals surface area contributed by atoms with Crippen molar-refractivity contribution in [1.29, 1.82) is 0 Å². The van der Waals surface area contributed by atoms with Crippen molar-refractivity contribution in [2.45, 2.75) is 48.1 Å². The first-order valence-electron chi connectivity index (χ1n) is 5.96. The molecule has 1 rings (SSSR count). The van der Waals surface area contributed by atoms with Gasteiger partial charge in [0.15, 0.2) is 0 Å². The number of esters is 1. The highest BCUT2D eigenvalue weighted by Crippen LogP contribution is 2.19. The van der Waals surface area contributed by atoms with Crippen LogP contribution in [0.3, 0.4) is 0 Å². The zero-order valence-corrected chi connectivity index (χ0v) is 11.7. The molecule has 0 spiro atoms. The van der Waals surface area contributed by atoms with Gasteiger partial charge in [0.05, 0.1) is 5.41 Å². The Kier molecular flexibility index (Phi) is 3.97. The van der Waals surface area contributed by atoms with Crippen molar-refractivity contribution in [3.63, 3.8) is 0 Å². The van der Waals surface area contributed by atoms with Crippen molar-refractivity contribution in [2.24, 2.45) is 5.41 Å². The van der Waals surface area contributed by atoms with E-state index in [0.717, 1.165) is 5.56 Å². The van der Waals surface area contributed by atoms with E-state index in [1.165, 1.54) is 16.7 Å². The lowest BCUT2D eigenvalue weighted by molar-refractivity contribution is -0.154. The number of benzene rings is 1. The molecule has 0 saturated carbocycles. The van der Waals surface area contributed by atoms with Crippen molar-refractivity contribution >= 4 is 5.97 Å². The van der Waals surface area contributed by atoms with Crippen molar-refractivity contribution < 1.29 is 9.53 Å². The largest absolute Gasteiger partial charge is 0.460 e. The molecule has 0 aliphatic carbocycles. The van der Waals surface area contributed by atoms with E-state index < -0.39 is 5.41 Å². The first-order chi connectivity index (χ1) is 7.71. The highest BCUT2D eigenvalue weighted by molar-refractivity contribution is 5.75. The fourth-order valence-electron chi connectivity index (χ4n) is 1.54. The van der Waals surface area contributed by atoms with Gasteiger partial charge in [-0.2, -0.15) is 0 Å². The molecule has 0 saturated heterocycles.